The summed E-state index contributed by atoms with van der Waals surface area (Å²) in [6.45, 7) is 1.43. The zero-order valence-electron chi connectivity index (χ0n) is 11.1. The van der Waals surface area contributed by atoms with Crippen molar-refractivity contribution in [2.75, 3.05) is 4.72 Å². The van der Waals surface area contributed by atoms with E-state index in [2.05, 4.69) is 4.72 Å². The zero-order valence-corrected chi connectivity index (χ0v) is 13.4. The molecule has 0 heterocycles. The Kier molecular flexibility index (Phi) is 4.78. The molecule has 0 aliphatic rings. The average molecular weight is 346 g/mol. The van der Waals surface area contributed by atoms with Crippen LogP contribution in [-0.4, -0.2) is 13.5 Å². The van der Waals surface area contributed by atoms with Crippen molar-refractivity contribution in [1.29, 1.82) is 0 Å². The van der Waals surface area contributed by atoms with E-state index in [-0.39, 0.29) is 16.5 Å². The first-order valence-electron chi connectivity index (χ1n) is 6.02. The Balaban J connectivity index is 2.41. The SMILES string of the molecule is Cc1c(CO)cccc1S(=O)(=O)Nc1ccc(Cl)c(Cl)c1. The minimum Gasteiger partial charge on any atom is -0.392 e. The molecule has 0 unspecified atom stereocenters. The van der Waals surface area contributed by atoms with Crippen molar-refractivity contribution in [3.8, 4) is 0 Å². The van der Waals surface area contributed by atoms with E-state index in [9.17, 15) is 13.5 Å². The standard InChI is InChI=1S/C14H13Cl2NO3S/c1-9-10(8-18)3-2-4-14(9)21(19,20)17-11-5-6-12(15)13(16)7-11/h2-7,17-18H,8H2,1H3. The van der Waals surface area contributed by atoms with Crippen molar-refractivity contribution in [2.45, 2.75) is 18.4 Å². The highest BCUT2D eigenvalue weighted by Gasteiger charge is 2.18. The van der Waals surface area contributed by atoms with Gasteiger partial charge in [-0.2, -0.15) is 0 Å². The third kappa shape index (κ3) is 3.49. The van der Waals surface area contributed by atoms with E-state index in [1.165, 1.54) is 24.3 Å². The molecule has 0 spiro atoms. The van der Waals surface area contributed by atoms with Gasteiger partial charge in [-0.1, -0.05) is 35.3 Å². The number of nitrogens with one attached hydrogen (secondary N) is 1. The molecule has 0 amide bonds. The summed E-state index contributed by atoms with van der Waals surface area (Å²) >= 11 is 11.7. The van der Waals surface area contributed by atoms with E-state index in [0.29, 0.717) is 21.8 Å². The van der Waals surface area contributed by atoms with Gasteiger partial charge in [0.2, 0.25) is 0 Å². The summed E-state index contributed by atoms with van der Waals surface area (Å²) in [7, 11) is -3.77. The first kappa shape index (κ1) is 16.1. The third-order valence-corrected chi connectivity index (χ3v) is 5.29. The lowest BCUT2D eigenvalue weighted by molar-refractivity contribution is 0.280. The number of rotatable bonds is 4. The van der Waals surface area contributed by atoms with Crippen LogP contribution in [0.25, 0.3) is 0 Å². The Bertz CT molecular complexity index is 776. The van der Waals surface area contributed by atoms with Gasteiger partial charge < -0.3 is 5.11 Å². The molecular weight excluding hydrogens is 333 g/mol. The van der Waals surface area contributed by atoms with E-state index in [1.807, 2.05) is 0 Å². The first-order chi connectivity index (χ1) is 9.85. The summed E-state index contributed by atoms with van der Waals surface area (Å²) in [5.74, 6) is 0. The molecule has 7 heteroatoms. The van der Waals surface area contributed by atoms with Crippen LogP contribution >= 0.6 is 23.2 Å². The Labute approximate surface area is 133 Å². The molecule has 2 rings (SSSR count). The van der Waals surface area contributed by atoms with Gasteiger partial charge in [0.05, 0.1) is 27.2 Å². The third-order valence-electron chi connectivity index (χ3n) is 3.03. The van der Waals surface area contributed by atoms with Crippen molar-refractivity contribution < 1.29 is 13.5 Å². The smallest absolute Gasteiger partial charge is 0.262 e. The number of anilines is 1. The van der Waals surface area contributed by atoms with E-state index in [1.54, 1.807) is 19.1 Å². The van der Waals surface area contributed by atoms with E-state index in [0.717, 1.165) is 0 Å². The quantitative estimate of drug-likeness (QED) is 0.889. The number of hydrogen-bond acceptors (Lipinski definition) is 3. The molecule has 21 heavy (non-hydrogen) atoms. The monoisotopic (exact) mass is 345 g/mol. The molecule has 0 atom stereocenters. The average Bonchev–Trinajstić information content (AvgIpc) is 2.42. The summed E-state index contributed by atoms with van der Waals surface area (Å²) < 4.78 is 27.3. The fourth-order valence-electron chi connectivity index (χ4n) is 1.89. The summed E-state index contributed by atoms with van der Waals surface area (Å²) in [6, 6.07) is 9.21. The van der Waals surface area contributed by atoms with Crippen molar-refractivity contribution >= 4 is 38.9 Å². The number of sulfonamides is 1. The molecule has 112 valence electrons. The van der Waals surface area contributed by atoms with Crippen LogP contribution in [0.5, 0.6) is 0 Å². The van der Waals surface area contributed by atoms with E-state index < -0.39 is 10.0 Å². The van der Waals surface area contributed by atoms with Gasteiger partial charge >= 0.3 is 0 Å². The van der Waals surface area contributed by atoms with Gasteiger partial charge in [0.1, 0.15) is 0 Å². The van der Waals surface area contributed by atoms with Crippen LogP contribution in [0.3, 0.4) is 0 Å². The van der Waals surface area contributed by atoms with Gasteiger partial charge in [-0.25, -0.2) is 8.42 Å². The maximum absolute atomic E-state index is 12.4. The predicted molar refractivity (Wildman–Crippen MR) is 84.4 cm³/mol. The second-order valence-corrected chi connectivity index (χ2v) is 6.90. The summed E-state index contributed by atoms with van der Waals surface area (Å²) in [6.07, 6.45) is 0. The largest absolute Gasteiger partial charge is 0.392 e. The second-order valence-electron chi connectivity index (χ2n) is 4.43. The molecule has 0 bridgehead atoms. The molecule has 0 saturated carbocycles. The Morgan fingerprint density at radius 1 is 1.14 bits per heavy atom. The summed E-state index contributed by atoms with van der Waals surface area (Å²) in [5, 5.41) is 9.83. The van der Waals surface area contributed by atoms with Crippen LogP contribution in [0.1, 0.15) is 11.1 Å². The fourth-order valence-corrected chi connectivity index (χ4v) is 3.53. The molecule has 0 aliphatic heterocycles. The van der Waals surface area contributed by atoms with Crippen molar-refractivity contribution in [2.24, 2.45) is 0 Å². The van der Waals surface area contributed by atoms with Crippen LogP contribution in [0.4, 0.5) is 5.69 Å². The molecule has 0 aromatic heterocycles. The van der Waals surface area contributed by atoms with Gasteiger partial charge in [-0.15, -0.1) is 0 Å². The molecule has 0 saturated heterocycles. The van der Waals surface area contributed by atoms with Crippen molar-refractivity contribution in [1.82, 2.24) is 0 Å². The van der Waals surface area contributed by atoms with Crippen molar-refractivity contribution in [3.05, 3.63) is 57.6 Å². The number of aliphatic hydroxyl groups excluding tert-OH is 1. The highest BCUT2D eigenvalue weighted by Crippen LogP contribution is 2.27. The minimum atomic E-state index is -3.77. The zero-order chi connectivity index (χ0) is 15.6. The topological polar surface area (TPSA) is 66.4 Å². The molecule has 0 radical (unpaired) electrons. The van der Waals surface area contributed by atoms with Gasteiger partial charge in [-0.3, -0.25) is 4.72 Å². The predicted octanol–water partition coefficient (Wildman–Crippen LogP) is 3.59. The van der Waals surface area contributed by atoms with E-state index in [4.69, 9.17) is 23.2 Å². The van der Waals surface area contributed by atoms with Crippen LogP contribution in [0, 0.1) is 6.92 Å². The molecule has 2 aromatic carbocycles. The maximum Gasteiger partial charge on any atom is 0.262 e. The second kappa shape index (κ2) is 6.23. The highest BCUT2D eigenvalue weighted by atomic mass is 35.5. The normalized spacial score (nSPS) is 11.4. The number of hydrogen-bond donors (Lipinski definition) is 2. The Hall–Kier alpha value is -1.27. The minimum absolute atomic E-state index is 0.111. The van der Waals surface area contributed by atoms with Crippen LogP contribution < -0.4 is 4.72 Å². The van der Waals surface area contributed by atoms with Crippen molar-refractivity contribution in [3.63, 3.8) is 0 Å². The molecule has 2 aromatic rings. The van der Waals surface area contributed by atoms with Gasteiger partial charge in [0.25, 0.3) is 10.0 Å². The number of benzene rings is 2. The van der Waals surface area contributed by atoms with Crippen LogP contribution in [0.2, 0.25) is 10.0 Å². The fraction of sp³-hybridized carbons (Fsp3) is 0.143. The molecule has 0 aliphatic carbocycles. The van der Waals surface area contributed by atoms with E-state index >= 15 is 0 Å². The maximum atomic E-state index is 12.4. The lowest BCUT2D eigenvalue weighted by Crippen LogP contribution is -2.15. The van der Waals surface area contributed by atoms with Gasteiger partial charge in [0.15, 0.2) is 0 Å². The lowest BCUT2D eigenvalue weighted by Gasteiger charge is -2.13. The summed E-state index contributed by atoms with van der Waals surface area (Å²) in [4.78, 5) is 0.111. The first-order valence-corrected chi connectivity index (χ1v) is 8.26. The van der Waals surface area contributed by atoms with Crippen LogP contribution in [0.15, 0.2) is 41.3 Å². The Morgan fingerprint density at radius 3 is 2.48 bits per heavy atom. The molecule has 0 fully saturated rings. The molecular formula is C14H13Cl2NO3S. The summed E-state index contributed by atoms with van der Waals surface area (Å²) in [5.41, 5.74) is 1.39. The number of halogens is 2. The van der Waals surface area contributed by atoms with Gasteiger partial charge in [-0.05, 0) is 42.3 Å². The van der Waals surface area contributed by atoms with Gasteiger partial charge in [0, 0.05) is 0 Å². The molecule has 4 nitrogen and oxygen atoms in total. The highest BCUT2D eigenvalue weighted by molar-refractivity contribution is 7.92. The molecule has 2 N–H and O–H groups in total. The Morgan fingerprint density at radius 2 is 1.86 bits per heavy atom. The lowest BCUT2D eigenvalue weighted by atomic mass is 10.1. The number of aliphatic hydroxyl groups is 1. The van der Waals surface area contributed by atoms with Crippen LogP contribution in [-0.2, 0) is 16.6 Å².